The summed E-state index contributed by atoms with van der Waals surface area (Å²) in [6.07, 6.45) is -1.86. The van der Waals surface area contributed by atoms with Crippen molar-refractivity contribution in [1.82, 2.24) is 5.32 Å². The fraction of sp³-hybridized carbons (Fsp3) is 0.727. The molecule has 104 valence electrons. The van der Waals surface area contributed by atoms with Gasteiger partial charge in [0.25, 0.3) is 0 Å². The Morgan fingerprint density at radius 3 is 2.22 bits per heavy atom. The molecular formula is C11H19NO6. The number of ether oxygens (including phenoxy) is 3. The molecule has 0 aromatic rings. The first-order valence-electron chi connectivity index (χ1n) is 5.63. The Morgan fingerprint density at radius 1 is 1.11 bits per heavy atom. The number of carbonyl (C=O) groups is 3. The fourth-order valence-corrected chi connectivity index (χ4v) is 0.817. The summed E-state index contributed by atoms with van der Waals surface area (Å²) < 4.78 is 13.5. The SMILES string of the molecule is CCCCOC(=O)OC(=O)NC(=O)OC(C)(C)C. The molecule has 0 atom stereocenters. The molecule has 0 rings (SSSR count). The number of nitrogens with one attached hydrogen (secondary N) is 1. The topological polar surface area (TPSA) is 90.9 Å². The number of hydrogen-bond acceptors (Lipinski definition) is 6. The molecular weight excluding hydrogens is 242 g/mol. The van der Waals surface area contributed by atoms with Crippen molar-refractivity contribution in [3.8, 4) is 0 Å². The summed E-state index contributed by atoms with van der Waals surface area (Å²) in [6, 6.07) is 0. The average Bonchev–Trinajstić information content (AvgIpc) is 2.13. The number of alkyl carbamates (subject to hydrolysis) is 2. The lowest BCUT2D eigenvalue weighted by atomic mass is 10.2. The van der Waals surface area contributed by atoms with Gasteiger partial charge in [0, 0.05) is 0 Å². The maximum atomic E-state index is 11.1. The van der Waals surface area contributed by atoms with Crippen LogP contribution >= 0.6 is 0 Å². The van der Waals surface area contributed by atoms with E-state index >= 15 is 0 Å². The number of amides is 2. The normalized spacial score (nSPS) is 10.4. The lowest BCUT2D eigenvalue weighted by Crippen LogP contribution is -2.37. The second-order valence-corrected chi connectivity index (χ2v) is 4.47. The smallest absolute Gasteiger partial charge is 0.443 e. The molecule has 7 nitrogen and oxygen atoms in total. The highest BCUT2D eigenvalue weighted by Crippen LogP contribution is 2.06. The van der Waals surface area contributed by atoms with Crippen molar-refractivity contribution in [2.24, 2.45) is 0 Å². The second kappa shape index (κ2) is 7.52. The molecule has 0 unspecified atom stereocenters. The first-order chi connectivity index (χ1) is 8.24. The standard InChI is InChI=1S/C11H19NO6/c1-5-6-7-16-10(15)17-8(13)12-9(14)18-11(2,3)4/h5-7H2,1-4H3,(H,12,13,14). The first-order valence-corrected chi connectivity index (χ1v) is 5.63. The molecule has 2 amide bonds. The lowest BCUT2D eigenvalue weighted by Gasteiger charge is -2.18. The van der Waals surface area contributed by atoms with Gasteiger partial charge in [-0.3, -0.25) is 0 Å². The largest absolute Gasteiger partial charge is 0.517 e. The van der Waals surface area contributed by atoms with Crippen LogP contribution in [0.25, 0.3) is 0 Å². The van der Waals surface area contributed by atoms with Crippen LogP contribution in [0, 0.1) is 0 Å². The highest BCUT2D eigenvalue weighted by Gasteiger charge is 2.20. The van der Waals surface area contributed by atoms with E-state index in [4.69, 9.17) is 4.74 Å². The van der Waals surface area contributed by atoms with Crippen molar-refractivity contribution in [2.75, 3.05) is 6.61 Å². The van der Waals surface area contributed by atoms with E-state index < -0.39 is 23.9 Å². The van der Waals surface area contributed by atoms with Crippen molar-refractivity contribution in [3.63, 3.8) is 0 Å². The molecule has 18 heavy (non-hydrogen) atoms. The molecule has 0 aliphatic heterocycles. The summed E-state index contributed by atoms with van der Waals surface area (Å²) in [7, 11) is 0. The summed E-state index contributed by atoms with van der Waals surface area (Å²) in [5.41, 5.74) is -0.744. The van der Waals surface area contributed by atoms with E-state index in [1.165, 1.54) is 0 Å². The Kier molecular flexibility index (Phi) is 6.77. The molecule has 0 aromatic heterocycles. The van der Waals surface area contributed by atoms with E-state index in [-0.39, 0.29) is 6.61 Å². The number of carbonyl (C=O) groups excluding carboxylic acids is 3. The van der Waals surface area contributed by atoms with Crippen molar-refractivity contribution in [1.29, 1.82) is 0 Å². The molecule has 0 radical (unpaired) electrons. The Hall–Kier alpha value is -1.79. The van der Waals surface area contributed by atoms with Gasteiger partial charge in [-0.25, -0.2) is 19.7 Å². The molecule has 0 spiro atoms. The molecule has 1 N–H and O–H groups in total. The summed E-state index contributed by atoms with van der Waals surface area (Å²) in [4.78, 5) is 33.1. The van der Waals surface area contributed by atoms with Crippen molar-refractivity contribution >= 4 is 18.3 Å². The summed E-state index contributed by atoms with van der Waals surface area (Å²) in [5, 5.41) is 1.73. The second-order valence-electron chi connectivity index (χ2n) is 4.47. The predicted octanol–water partition coefficient (Wildman–Crippen LogP) is 2.58. The quantitative estimate of drug-likeness (QED) is 0.477. The number of hydrogen-bond donors (Lipinski definition) is 1. The summed E-state index contributed by atoms with van der Waals surface area (Å²) >= 11 is 0. The lowest BCUT2D eigenvalue weighted by molar-refractivity contribution is 0.0487. The minimum atomic E-state index is -1.23. The predicted molar refractivity (Wildman–Crippen MR) is 62.1 cm³/mol. The van der Waals surface area contributed by atoms with Crippen LogP contribution < -0.4 is 5.32 Å². The van der Waals surface area contributed by atoms with Gasteiger partial charge in [-0.2, -0.15) is 0 Å². The Bertz CT molecular complexity index is 307. The van der Waals surface area contributed by atoms with Crippen LogP contribution in [0.15, 0.2) is 0 Å². The van der Waals surface area contributed by atoms with Gasteiger partial charge < -0.3 is 14.2 Å². The van der Waals surface area contributed by atoms with Crippen LogP contribution in [-0.2, 0) is 14.2 Å². The molecule has 0 aliphatic rings. The van der Waals surface area contributed by atoms with Crippen LogP contribution in [0.4, 0.5) is 14.4 Å². The van der Waals surface area contributed by atoms with Gasteiger partial charge in [0.1, 0.15) is 5.60 Å². The third-order valence-electron chi connectivity index (χ3n) is 1.50. The summed E-state index contributed by atoms with van der Waals surface area (Å²) in [5.74, 6) is 0. The molecule has 0 aliphatic carbocycles. The van der Waals surface area contributed by atoms with Crippen LogP contribution in [-0.4, -0.2) is 30.5 Å². The van der Waals surface area contributed by atoms with E-state index in [9.17, 15) is 14.4 Å². The number of rotatable bonds is 3. The Labute approximate surface area is 106 Å². The monoisotopic (exact) mass is 261 g/mol. The van der Waals surface area contributed by atoms with E-state index in [1.54, 1.807) is 26.1 Å². The maximum absolute atomic E-state index is 11.1. The van der Waals surface area contributed by atoms with Crippen LogP contribution in [0.1, 0.15) is 40.5 Å². The van der Waals surface area contributed by atoms with Crippen molar-refractivity contribution in [3.05, 3.63) is 0 Å². The van der Waals surface area contributed by atoms with Crippen molar-refractivity contribution in [2.45, 2.75) is 46.1 Å². The van der Waals surface area contributed by atoms with Gasteiger partial charge in [-0.1, -0.05) is 13.3 Å². The zero-order chi connectivity index (χ0) is 14.2. The van der Waals surface area contributed by atoms with E-state index in [0.29, 0.717) is 6.42 Å². The average molecular weight is 261 g/mol. The number of unbranched alkanes of at least 4 members (excludes halogenated alkanes) is 1. The zero-order valence-corrected chi connectivity index (χ0v) is 11.1. The fourth-order valence-electron chi connectivity index (χ4n) is 0.817. The number of imide groups is 1. The van der Waals surface area contributed by atoms with Gasteiger partial charge in [-0.05, 0) is 27.2 Å². The molecule has 0 saturated carbocycles. The van der Waals surface area contributed by atoms with E-state index in [2.05, 4.69) is 9.47 Å². The Morgan fingerprint density at radius 2 is 1.72 bits per heavy atom. The van der Waals surface area contributed by atoms with E-state index in [1.807, 2.05) is 6.92 Å². The zero-order valence-electron chi connectivity index (χ0n) is 11.1. The maximum Gasteiger partial charge on any atom is 0.517 e. The van der Waals surface area contributed by atoms with E-state index in [0.717, 1.165) is 6.42 Å². The van der Waals surface area contributed by atoms with Gasteiger partial charge in [0.2, 0.25) is 0 Å². The van der Waals surface area contributed by atoms with Crippen LogP contribution in [0.5, 0.6) is 0 Å². The third kappa shape index (κ3) is 9.44. The minimum Gasteiger partial charge on any atom is -0.443 e. The molecule has 7 heteroatoms. The molecule has 0 fully saturated rings. The van der Waals surface area contributed by atoms with Crippen LogP contribution in [0.3, 0.4) is 0 Å². The molecule has 0 aromatic carbocycles. The Balaban J connectivity index is 3.89. The van der Waals surface area contributed by atoms with Gasteiger partial charge >= 0.3 is 18.3 Å². The first kappa shape index (κ1) is 16.2. The van der Waals surface area contributed by atoms with Gasteiger partial charge in [-0.15, -0.1) is 0 Å². The highest BCUT2D eigenvalue weighted by molar-refractivity contribution is 5.91. The molecule has 0 heterocycles. The summed E-state index contributed by atoms with van der Waals surface area (Å²) in [6.45, 7) is 6.99. The molecule has 0 bridgehead atoms. The minimum absolute atomic E-state index is 0.162. The molecule has 0 saturated heterocycles. The van der Waals surface area contributed by atoms with Crippen molar-refractivity contribution < 1.29 is 28.6 Å². The highest BCUT2D eigenvalue weighted by atomic mass is 16.7. The van der Waals surface area contributed by atoms with Gasteiger partial charge in [0.15, 0.2) is 0 Å². The van der Waals surface area contributed by atoms with Gasteiger partial charge in [0.05, 0.1) is 6.61 Å². The third-order valence-corrected chi connectivity index (χ3v) is 1.50. The van der Waals surface area contributed by atoms with Crippen LogP contribution in [0.2, 0.25) is 0 Å².